The highest BCUT2D eigenvalue weighted by Crippen LogP contribution is 2.74. The second kappa shape index (κ2) is 5.69. The number of aryl methyl sites for hydroxylation is 1. The topological polar surface area (TPSA) is 115 Å². The number of hydrogen-bond donors (Lipinski definition) is 3. The van der Waals surface area contributed by atoms with Gasteiger partial charge in [0.2, 0.25) is 0 Å². The van der Waals surface area contributed by atoms with E-state index in [4.69, 9.17) is 4.98 Å². The van der Waals surface area contributed by atoms with E-state index in [-0.39, 0.29) is 16.4 Å². The van der Waals surface area contributed by atoms with Crippen molar-refractivity contribution in [3.05, 3.63) is 34.1 Å². The zero-order chi connectivity index (χ0) is 20.7. The Morgan fingerprint density at radius 1 is 1.41 bits per heavy atom. The molecule has 1 saturated heterocycles. The molecule has 1 saturated carbocycles. The van der Waals surface area contributed by atoms with Gasteiger partial charge in [-0.2, -0.15) is 5.10 Å². The van der Waals surface area contributed by atoms with Crippen LogP contribution in [0.15, 0.2) is 17.1 Å². The van der Waals surface area contributed by atoms with Gasteiger partial charge < -0.3 is 10.1 Å². The Kier molecular flexibility index (Phi) is 3.60. The van der Waals surface area contributed by atoms with Crippen molar-refractivity contribution >= 4 is 27.6 Å². The second-order valence-corrected chi connectivity index (χ2v) is 10.3. The molecule has 3 atom stereocenters. The van der Waals surface area contributed by atoms with Gasteiger partial charge in [-0.3, -0.25) is 14.8 Å². The lowest BCUT2D eigenvalue weighted by Crippen LogP contribution is -2.40. The van der Waals surface area contributed by atoms with Crippen molar-refractivity contribution in [2.24, 2.45) is 16.7 Å². The molecule has 152 valence electrons. The smallest absolute Gasteiger partial charge is 0.407 e. The first-order valence-electron chi connectivity index (χ1n) is 9.67. The predicted octanol–water partition coefficient (Wildman–Crippen LogP) is 3.77. The van der Waals surface area contributed by atoms with E-state index in [2.05, 4.69) is 36.0 Å². The van der Waals surface area contributed by atoms with Gasteiger partial charge in [0.05, 0.1) is 17.8 Å². The van der Waals surface area contributed by atoms with E-state index in [1.807, 2.05) is 13.0 Å². The monoisotopic (exact) mass is 413 g/mol. The maximum atomic E-state index is 12.9. The van der Waals surface area contributed by atoms with Gasteiger partial charge in [0.1, 0.15) is 10.5 Å². The first kappa shape index (κ1) is 18.4. The van der Waals surface area contributed by atoms with Crippen molar-refractivity contribution in [2.45, 2.75) is 40.2 Å². The van der Waals surface area contributed by atoms with Gasteiger partial charge in [0.25, 0.3) is 5.56 Å². The molecule has 8 nitrogen and oxygen atoms in total. The molecule has 3 N–H and O–H groups in total. The number of H-pyrrole nitrogens is 2. The molecule has 1 aliphatic carbocycles. The van der Waals surface area contributed by atoms with Crippen molar-refractivity contribution < 1.29 is 9.90 Å². The molecule has 9 heteroatoms. The van der Waals surface area contributed by atoms with Crippen LogP contribution in [0.5, 0.6) is 0 Å². The lowest BCUT2D eigenvalue weighted by Gasteiger charge is -2.37. The first-order chi connectivity index (χ1) is 13.6. The fraction of sp³-hybridized carbons (Fsp3) is 0.500. The molecule has 3 aromatic rings. The van der Waals surface area contributed by atoms with Gasteiger partial charge in [-0.1, -0.05) is 20.8 Å². The van der Waals surface area contributed by atoms with Crippen LogP contribution in [0.25, 0.3) is 20.7 Å². The van der Waals surface area contributed by atoms with Crippen molar-refractivity contribution in [1.82, 2.24) is 25.1 Å². The minimum Gasteiger partial charge on any atom is -0.465 e. The summed E-state index contributed by atoms with van der Waals surface area (Å²) in [4.78, 5) is 34.9. The summed E-state index contributed by atoms with van der Waals surface area (Å²) >= 11 is 1.37. The first-order valence-corrected chi connectivity index (χ1v) is 10.5. The van der Waals surface area contributed by atoms with E-state index < -0.39 is 12.1 Å². The lowest BCUT2D eigenvalue weighted by atomic mass is 9.72. The number of amides is 1. The number of carbonyl (C=O) groups is 1. The number of thiophene rings is 1. The maximum Gasteiger partial charge on any atom is 0.407 e. The van der Waals surface area contributed by atoms with Crippen molar-refractivity contribution in [2.75, 3.05) is 6.54 Å². The zero-order valence-corrected chi connectivity index (χ0v) is 17.6. The van der Waals surface area contributed by atoms with Gasteiger partial charge >= 0.3 is 6.09 Å². The molecule has 2 aliphatic rings. The van der Waals surface area contributed by atoms with Crippen LogP contribution in [-0.2, 0) is 0 Å². The summed E-state index contributed by atoms with van der Waals surface area (Å²) in [7, 11) is 0. The van der Waals surface area contributed by atoms with Crippen molar-refractivity contribution in [1.29, 1.82) is 0 Å². The number of aromatic amines is 2. The largest absolute Gasteiger partial charge is 0.465 e. The highest BCUT2D eigenvalue weighted by Gasteiger charge is 2.72. The van der Waals surface area contributed by atoms with Gasteiger partial charge in [-0.15, -0.1) is 11.3 Å². The van der Waals surface area contributed by atoms with E-state index in [1.165, 1.54) is 16.2 Å². The third-order valence-corrected chi connectivity index (χ3v) is 7.92. The zero-order valence-electron chi connectivity index (χ0n) is 16.7. The van der Waals surface area contributed by atoms with Crippen molar-refractivity contribution in [3.8, 4) is 10.4 Å². The summed E-state index contributed by atoms with van der Waals surface area (Å²) in [6.45, 7) is 8.85. The van der Waals surface area contributed by atoms with Crippen LogP contribution in [-0.4, -0.2) is 42.8 Å². The van der Waals surface area contributed by atoms with E-state index in [1.54, 1.807) is 6.20 Å². The molecule has 29 heavy (non-hydrogen) atoms. The molecule has 0 spiro atoms. The summed E-state index contributed by atoms with van der Waals surface area (Å²) in [5.41, 5.74) is 1.94. The third kappa shape index (κ3) is 2.43. The van der Waals surface area contributed by atoms with Gasteiger partial charge in [0, 0.05) is 28.1 Å². The molecule has 3 aromatic heterocycles. The standard InChI is InChI=1S/C20H23N5O3S/c1-9-11(7-21-24-9)13-5-12-14(29-13)17(26)23-16(22-12)15-20(19(2,3)4)6-10(20)8-25(15)18(27)28/h5,7,10,15H,6,8H2,1-4H3,(H,21,24)(H,27,28)(H,22,23,26)/t10-,15-,20+/m1/s1. The Bertz CT molecular complexity index is 1200. The Labute approximate surface area is 171 Å². The molecular weight excluding hydrogens is 390 g/mol. The SMILES string of the molecule is Cc1[nH]ncc1-c1cc2nc([C@H]3N(C(=O)O)C[C@H]4C[C@]43C(C)(C)C)[nH]c(=O)c2s1. The summed E-state index contributed by atoms with van der Waals surface area (Å²) in [6.07, 6.45) is 1.73. The summed E-state index contributed by atoms with van der Waals surface area (Å²) < 4.78 is 0.543. The Balaban J connectivity index is 1.67. The number of carboxylic acid groups (broad SMARTS) is 1. The van der Waals surface area contributed by atoms with E-state index in [9.17, 15) is 14.7 Å². The molecule has 4 heterocycles. The summed E-state index contributed by atoms with van der Waals surface area (Å²) in [5, 5.41) is 16.8. The fourth-order valence-electron chi connectivity index (χ4n) is 5.26. The lowest BCUT2D eigenvalue weighted by molar-refractivity contribution is 0.0839. The van der Waals surface area contributed by atoms with Gasteiger partial charge in [-0.25, -0.2) is 9.78 Å². The number of hydrogen-bond acceptors (Lipinski definition) is 5. The number of fused-ring (bicyclic) bond motifs is 2. The number of piperidine rings is 1. The average Bonchev–Trinajstić information content (AvgIpc) is 2.97. The Morgan fingerprint density at radius 3 is 2.79 bits per heavy atom. The number of aromatic nitrogens is 4. The van der Waals surface area contributed by atoms with Crippen LogP contribution in [0.1, 0.15) is 44.8 Å². The van der Waals surface area contributed by atoms with Crippen LogP contribution < -0.4 is 5.56 Å². The summed E-state index contributed by atoms with van der Waals surface area (Å²) in [5.74, 6) is 0.754. The maximum absolute atomic E-state index is 12.9. The van der Waals surface area contributed by atoms with Crippen LogP contribution >= 0.6 is 11.3 Å². The summed E-state index contributed by atoms with van der Waals surface area (Å²) in [6, 6.07) is 1.45. The normalized spacial score (nSPS) is 26.1. The molecule has 1 amide bonds. The predicted molar refractivity (Wildman–Crippen MR) is 110 cm³/mol. The molecule has 0 bridgehead atoms. The molecule has 2 fully saturated rings. The minimum absolute atomic E-state index is 0.103. The molecule has 0 unspecified atom stereocenters. The molecule has 0 aromatic carbocycles. The molecule has 5 rings (SSSR count). The number of rotatable bonds is 2. The fourth-order valence-corrected chi connectivity index (χ4v) is 6.32. The third-order valence-electron chi connectivity index (χ3n) is 6.77. The van der Waals surface area contributed by atoms with E-state index in [0.29, 0.717) is 28.5 Å². The highest BCUT2D eigenvalue weighted by molar-refractivity contribution is 7.22. The number of likely N-dealkylation sites (tertiary alicyclic amines) is 1. The van der Waals surface area contributed by atoms with Crippen LogP contribution in [0, 0.1) is 23.7 Å². The Morgan fingerprint density at radius 2 is 2.17 bits per heavy atom. The van der Waals surface area contributed by atoms with E-state index in [0.717, 1.165) is 22.6 Å². The molecule has 1 aliphatic heterocycles. The molecular formula is C20H23N5O3S. The van der Waals surface area contributed by atoms with Gasteiger partial charge in [0.15, 0.2) is 0 Å². The van der Waals surface area contributed by atoms with Crippen LogP contribution in [0.3, 0.4) is 0 Å². The van der Waals surface area contributed by atoms with E-state index >= 15 is 0 Å². The second-order valence-electron chi connectivity index (χ2n) is 9.21. The van der Waals surface area contributed by atoms with Crippen LogP contribution in [0.4, 0.5) is 4.79 Å². The highest BCUT2D eigenvalue weighted by atomic mass is 32.1. The number of nitrogens with one attached hydrogen (secondary N) is 2. The quantitative estimate of drug-likeness (QED) is 0.591. The van der Waals surface area contributed by atoms with Crippen molar-refractivity contribution in [3.63, 3.8) is 0 Å². The van der Waals surface area contributed by atoms with Crippen LogP contribution in [0.2, 0.25) is 0 Å². The number of nitrogens with zero attached hydrogens (tertiary/aromatic N) is 3. The average molecular weight is 414 g/mol. The minimum atomic E-state index is -0.964. The molecule has 0 radical (unpaired) electrons. The van der Waals surface area contributed by atoms with Gasteiger partial charge in [-0.05, 0) is 30.7 Å². The Hall–Kier alpha value is -2.68.